The third-order valence-electron chi connectivity index (χ3n) is 4.42. The van der Waals surface area contributed by atoms with Crippen LogP contribution >= 0.6 is 0 Å². The molecule has 1 fully saturated rings. The number of aryl methyl sites for hydroxylation is 1. The third-order valence-corrected chi connectivity index (χ3v) is 4.42. The maximum absolute atomic E-state index is 13.1. The standard InChI is InChI=1S/C20H20FN3O5/c1-4-28-20(27)18(12(3)22-14-7-5-13(21)6-8-14)15-10-17(25)24(19(15)26)16-9-11(2)29-23-16/h5-9,15,22H,4,10H2,1-3H3/b18-12-/t15-/m0/s1. The van der Waals surface area contributed by atoms with E-state index in [1.807, 2.05) is 0 Å². The van der Waals surface area contributed by atoms with Gasteiger partial charge in [0.05, 0.1) is 18.1 Å². The molecular weight excluding hydrogens is 381 g/mol. The molecule has 1 atom stereocenters. The summed E-state index contributed by atoms with van der Waals surface area (Å²) in [7, 11) is 0. The predicted molar refractivity (Wildman–Crippen MR) is 101 cm³/mol. The van der Waals surface area contributed by atoms with Crippen molar-refractivity contribution in [2.45, 2.75) is 27.2 Å². The van der Waals surface area contributed by atoms with Gasteiger partial charge in [0.1, 0.15) is 11.6 Å². The lowest BCUT2D eigenvalue weighted by molar-refractivity contribution is -0.140. The molecule has 0 bridgehead atoms. The number of amides is 2. The van der Waals surface area contributed by atoms with E-state index in [4.69, 9.17) is 9.26 Å². The largest absolute Gasteiger partial charge is 0.463 e. The third kappa shape index (κ3) is 4.18. The Labute approximate surface area is 166 Å². The predicted octanol–water partition coefficient (Wildman–Crippen LogP) is 2.95. The molecule has 3 rings (SSSR count). The number of nitrogens with one attached hydrogen (secondary N) is 1. The van der Waals surface area contributed by atoms with Crippen LogP contribution in [0.3, 0.4) is 0 Å². The summed E-state index contributed by atoms with van der Waals surface area (Å²) in [5.41, 5.74) is 0.892. The summed E-state index contributed by atoms with van der Waals surface area (Å²) in [5, 5.41) is 6.70. The van der Waals surface area contributed by atoms with Crippen LogP contribution < -0.4 is 10.2 Å². The number of halogens is 1. The second-order valence-corrected chi connectivity index (χ2v) is 6.51. The molecule has 0 saturated carbocycles. The highest BCUT2D eigenvalue weighted by Crippen LogP contribution is 2.33. The van der Waals surface area contributed by atoms with Crippen LogP contribution in [0, 0.1) is 18.7 Å². The number of carbonyl (C=O) groups is 3. The molecule has 0 radical (unpaired) electrons. The molecule has 8 nitrogen and oxygen atoms in total. The van der Waals surface area contributed by atoms with Crippen molar-refractivity contribution in [3.63, 3.8) is 0 Å². The Morgan fingerprint density at radius 3 is 2.62 bits per heavy atom. The Morgan fingerprint density at radius 2 is 2.03 bits per heavy atom. The first-order chi connectivity index (χ1) is 13.8. The highest BCUT2D eigenvalue weighted by atomic mass is 19.1. The summed E-state index contributed by atoms with van der Waals surface area (Å²) in [6.45, 7) is 4.98. The second kappa shape index (κ2) is 8.26. The Bertz CT molecular complexity index is 980. The van der Waals surface area contributed by atoms with Crippen LogP contribution in [0.25, 0.3) is 0 Å². The molecule has 1 aromatic heterocycles. The summed E-state index contributed by atoms with van der Waals surface area (Å²) in [6.07, 6.45) is -0.207. The Morgan fingerprint density at radius 1 is 1.34 bits per heavy atom. The molecule has 152 valence electrons. The Hall–Kier alpha value is -3.49. The van der Waals surface area contributed by atoms with Crippen molar-refractivity contribution in [1.82, 2.24) is 5.16 Å². The topological polar surface area (TPSA) is 102 Å². The lowest BCUT2D eigenvalue weighted by atomic mass is 9.95. The van der Waals surface area contributed by atoms with E-state index in [0.29, 0.717) is 17.1 Å². The van der Waals surface area contributed by atoms with Crippen LogP contribution in [0.1, 0.15) is 26.0 Å². The van der Waals surface area contributed by atoms with Gasteiger partial charge in [-0.05, 0) is 45.0 Å². The van der Waals surface area contributed by atoms with Gasteiger partial charge in [-0.15, -0.1) is 0 Å². The Balaban J connectivity index is 1.96. The lowest BCUT2D eigenvalue weighted by Crippen LogP contribution is -2.32. The fraction of sp³-hybridized carbons (Fsp3) is 0.300. The SMILES string of the molecule is CCOC(=O)/C(=C(/C)Nc1ccc(F)cc1)[C@@H]1CC(=O)N(c2cc(C)on2)C1=O. The van der Waals surface area contributed by atoms with Gasteiger partial charge in [0.15, 0.2) is 5.82 Å². The fourth-order valence-electron chi connectivity index (χ4n) is 3.14. The fourth-order valence-corrected chi connectivity index (χ4v) is 3.14. The molecule has 9 heteroatoms. The zero-order valence-corrected chi connectivity index (χ0v) is 16.2. The van der Waals surface area contributed by atoms with Gasteiger partial charge in [-0.25, -0.2) is 14.1 Å². The van der Waals surface area contributed by atoms with Gasteiger partial charge in [-0.3, -0.25) is 9.59 Å². The van der Waals surface area contributed by atoms with Crippen LogP contribution in [0.4, 0.5) is 15.9 Å². The number of rotatable bonds is 6. The zero-order valence-electron chi connectivity index (χ0n) is 16.2. The number of benzene rings is 1. The van der Waals surface area contributed by atoms with Crippen molar-refractivity contribution < 1.29 is 28.0 Å². The molecule has 2 heterocycles. The summed E-state index contributed by atoms with van der Waals surface area (Å²) >= 11 is 0. The minimum absolute atomic E-state index is 0.0391. The van der Waals surface area contributed by atoms with Gasteiger partial charge >= 0.3 is 5.97 Å². The van der Waals surface area contributed by atoms with E-state index in [1.54, 1.807) is 20.8 Å². The summed E-state index contributed by atoms with van der Waals surface area (Å²) in [4.78, 5) is 39.0. The van der Waals surface area contributed by atoms with E-state index in [9.17, 15) is 18.8 Å². The number of hydrogen-bond donors (Lipinski definition) is 1. The molecule has 2 amide bonds. The quantitative estimate of drug-likeness (QED) is 0.451. The first-order valence-electron chi connectivity index (χ1n) is 9.02. The first-order valence-corrected chi connectivity index (χ1v) is 9.02. The smallest absolute Gasteiger partial charge is 0.336 e. The van der Waals surface area contributed by atoms with Crippen molar-refractivity contribution >= 4 is 29.3 Å². The number of esters is 1. The molecule has 1 aromatic carbocycles. The molecule has 0 aliphatic carbocycles. The van der Waals surface area contributed by atoms with Crippen LogP contribution in [0.15, 0.2) is 46.1 Å². The van der Waals surface area contributed by atoms with Gasteiger partial charge < -0.3 is 14.6 Å². The van der Waals surface area contributed by atoms with Crippen LogP contribution in [0.5, 0.6) is 0 Å². The molecule has 2 aromatic rings. The van der Waals surface area contributed by atoms with Gasteiger partial charge in [0, 0.05) is 23.9 Å². The van der Waals surface area contributed by atoms with E-state index in [0.717, 1.165) is 4.90 Å². The number of ether oxygens (including phenoxy) is 1. The summed E-state index contributed by atoms with van der Waals surface area (Å²) in [5.74, 6) is -2.71. The van der Waals surface area contributed by atoms with E-state index < -0.39 is 29.5 Å². The maximum atomic E-state index is 13.1. The number of anilines is 2. The number of allylic oxidation sites excluding steroid dienone is 1. The maximum Gasteiger partial charge on any atom is 0.336 e. The van der Waals surface area contributed by atoms with Crippen molar-refractivity contribution in [3.05, 3.63) is 53.2 Å². The number of imide groups is 1. The van der Waals surface area contributed by atoms with E-state index in [2.05, 4.69) is 10.5 Å². The van der Waals surface area contributed by atoms with E-state index in [-0.39, 0.29) is 24.4 Å². The number of carbonyl (C=O) groups excluding carboxylic acids is 3. The van der Waals surface area contributed by atoms with Crippen molar-refractivity contribution in [2.75, 3.05) is 16.8 Å². The van der Waals surface area contributed by atoms with E-state index in [1.165, 1.54) is 30.3 Å². The molecular formula is C20H20FN3O5. The summed E-state index contributed by atoms with van der Waals surface area (Å²) < 4.78 is 23.2. The lowest BCUT2D eigenvalue weighted by Gasteiger charge is -2.17. The van der Waals surface area contributed by atoms with Crippen molar-refractivity contribution in [3.8, 4) is 0 Å². The molecule has 1 aliphatic rings. The molecule has 0 spiro atoms. The number of nitrogens with zero attached hydrogens (tertiary/aromatic N) is 2. The zero-order chi connectivity index (χ0) is 21.1. The molecule has 1 N–H and O–H groups in total. The number of hydrogen-bond acceptors (Lipinski definition) is 7. The van der Waals surface area contributed by atoms with Crippen LogP contribution in [-0.2, 0) is 19.1 Å². The van der Waals surface area contributed by atoms with Crippen LogP contribution in [0.2, 0.25) is 0 Å². The minimum atomic E-state index is -1.04. The highest BCUT2D eigenvalue weighted by molar-refractivity contribution is 6.23. The van der Waals surface area contributed by atoms with Gasteiger partial charge in [0.2, 0.25) is 11.8 Å². The molecule has 1 saturated heterocycles. The average molecular weight is 401 g/mol. The molecule has 0 unspecified atom stereocenters. The van der Waals surface area contributed by atoms with Gasteiger partial charge in [-0.1, -0.05) is 5.16 Å². The van der Waals surface area contributed by atoms with Gasteiger partial charge in [-0.2, -0.15) is 0 Å². The van der Waals surface area contributed by atoms with Crippen molar-refractivity contribution in [1.29, 1.82) is 0 Å². The second-order valence-electron chi connectivity index (χ2n) is 6.51. The van der Waals surface area contributed by atoms with Gasteiger partial charge in [0.25, 0.3) is 0 Å². The first kappa shape index (κ1) is 20.2. The normalized spacial score (nSPS) is 17.4. The monoisotopic (exact) mass is 401 g/mol. The molecule has 29 heavy (non-hydrogen) atoms. The highest BCUT2D eigenvalue weighted by Gasteiger charge is 2.45. The number of aromatic nitrogens is 1. The van der Waals surface area contributed by atoms with Crippen LogP contribution in [-0.4, -0.2) is 29.5 Å². The summed E-state index contributed by atoms with van der Waals surface area (Å²) in [6, 6.07) is 6.98. The average Bonchev–Trinajstić information content (AvgIpc) is 3.20. The van der Waals surface area contributed by atoms with E-state index >= 15 is 0 Å². The minimum Gasteiger partial charge on any atom is -0.463 e. The van der Waals surface area contributed by atoms with Crippen molar-refractivity contribution in [2.24, 2.45) is 5.92 Å². The molecule has 1 aliphatic heterocycles. The Kier molecular flexibility index (Phi) is 5.76.